The number of carbonyl (C=O) groups is 1. The highest BCUT2D eigenvalue weighted by molar-refractivity contribution is 7.92. The normalized spacial score (nSPS) is 14.8. The number of hydrogen-bond donors (Lipinski definition) is 2. The van der Waals surface area contributed by atoms with E-state index in [0.717, 1.165) is 12.8 Å². The van der Waals surface area contributed by atoms with Gasteiger partial charge in [-0.2, -0.15) is 0 Å². The lowest BCUT2D eigenvalue weighted by Gasteiger charge is -2.13. The Kier molecular flexibility index (Phi) is 4.51. The summed E-state index contributed by atoms with van der Waals surface area (Å²) in [5.41, 5.74) is -0.0695. The number of rotatable bonds is 4. The van der Waals surface area contributed by atoms with Crippen LogP contribution in [0.3, 0.4) is 0 Å². The maximum atomic E-state index is 13.9. The van der Waals surface area contributed by atoms with Crippen molar-refractivity contribution in [2.45, 2.75) is 17.7 Å². The van der Waals surface area contributed by atoms with Crippen LogP contribution in [0.25, 0.3) is 0 Å². The van der Waals surface area contributed by atoms with Crippen LogP contribution in [0.4, 0.5) is 10.1 Å². The highest BCUT2D eigenvalue weighted by atomic mass is 35.5. The summed E-state index contributed by atoms with van der Waals surface area (Å²) >= 11 is 5.64. The van der Waals surface area contributed by atoms with Gasteiger partial charge in [0.25, 0.3) is 15.9 Å². The molecule has 0 aliphatic carbocycles. The Morgan fingerprint density at radius 2 is 2.00 bits per heavy atom. The average Bonchev–Trinajstić information content (AvgIpc) is 3.22. The summed E-state index contributed by atoms with van der Waals surface area (Å²) in [6, 6.07) is 5.26. The number of benzene rings is 1. The third-order valence-electron chi connectivity index (χ3n) is 3.79. The van der Waals surface area contributed by atoms with E-state index in [1.165, 1.54) is 30.5 Å². The Morgan fingerprint density at radius 1 is 1.29 bits per heavy atom. The van der Waals surface area contributed by atoms with Crippen LogP contribution in [0.15, 0.2) is 35.4 Å². The van der Waals surface area contributed by atoms with E-state index in [0.29, 0.717) is 13.1 Å². The van der Waals surface area contributed by atoms with Crippen LogP contribution in [0, 0.1) is 5.82 Å². The molecule has 1 aliphatic rings. The average molecular weight is 372 g/mol. The minimum absolute atomic E-state index is 0.149. The van der Waals surface area contributed by atoms with Gasteiger partial charge in [-0.15, -0.1) is 0 Å². The minimum Gasteiger partial charge on any atom is -0.356 e. The van der Waals surface area contributed by atoms with Crippen molar-refractivity contribution in [3.05, 3.63) is 47.0 Å². The number of sulfonamides is 1. The second-order valence-electron chi connectivity index (χ2n) is 5.46. The molecule has 0 radical (unpaired) electrons. The summed E-state index contributed by atoms with van der Waals surface area (Å²) in [6.07, 6.45) is 3.08. The number of aromatic nitrogens is 1. The van der Waals surface area contributed by atoms with E-state index in [-0.39, 0.29) is 27.2 Å². The maximum Gasteiger partial charge on any atom is 0.270 e. The van der Waals surface area contributed by atoms with Crippen molar-refractivity contribution in [1.82, 2.24) is 9.88 Å². The van der Waals surface area contributed by atoms with E-state index in [4.69, 9.17) is 11.6 Å². The van der Waals surface area contributed by atoms with Crippen LogP contribution in [0.1, 0.15) is 23.3 Å². The summed E-state index contributed by atoms with van der Waals surface area (Å²) < 4.78 is 40.7. The second kappa shape index (κ2) is 6.45. The maximum absolute atomic E-state index is 13.9. The molecule has 2 heterocycles. The van der Waals surface area contributed by atoms with Crippen molar-refractivity contribution in [2.24, 2.45) is 0 Å². The molecule has 6 nitrogen and oxygen atoms in total. The topological polar surface area (TPSA) is 82.3 Å². The van der Waals surface area contributed by atoms with Gasteiger partial charge in [0, 0.05) is 19.3 Å². The molecule has 2 N–H and O–H groups in total. The number of amides is 1. The number of aromatic amines is 1. The summed E-state index contributed by atoms with van der Waals surface area (Å²) in [7, 11) is -4.04. The van der Waals surface area contributed by atoms with Gasteiger partial charge in [-0.25, -0.2) is 12.8 Å². The predicted octanol–water partition coefficient (Wildman–Crippen LogP) is 2.84. The molecule has 1 fully saturated rings. The van der Waals surface area contributed by atoms with Gasteiger partial charge in [0.05, 0.1) is 10.7 Å². The Balaban J connectivity index is 1.83. The van der Waals surface area contributed by atoms with Crippen LogP contribution in [0.5, 0.6) is 0 Å². The Bertz CT molecular complexity index is 876. The van der Waals surface area contributed by atoms with Gasteiger partial charge in [-0.05, 0) is 31.0 Å². The number of hydrogen-bond acceptors (Lipinski definition) is 3. The third kappa shape index (κ3) is 3.25. The quantitative estimate of drug-likeness (QED) is 0.867. The lowest BCUT2D eigenvalue weighted by molar-refractivity contribution is 0.0787. The highest BCUT2D eigenvalue weighted by Gasteiger charge is 2.24. The number of nitrogens with zero attached hydrogens (tertiary/aromatic N) is 1. The minimum atomic E-state index is -4.04. The predicted molar refractivity (Wildman–Crippen MR) is 88.1 cm³/mol. The molecule has 0 unspecified atom stereocenters. The zero-order valence-corrected chi connectivity index (χ0v) is 14.1. The smallest absolute Gasteiger partial charge is 0.270 e. The summed E-state index contributed by atoms with van der Waals surface area (Å²) in [4.78, 5) is 16.4. The van der Waals surface area contributed by atoms with Gasteiger partial charge in [-0.1, -0.05) is 17.7 Å². The first-order chi connectivity index (χ1) is 11.4. The zero-order valence-electron chi connectivity index (χ0n) is 12.6. The fraction of sp³-hybridized carbons (Fsp3) is 0.267. The molecule has 0 spiro atoms. The van der Waals surface area contributed by atoms with E-state index in [1.54, 1.807) is 4.90 Å². The molecule has 0 atom stereocenters. The summed E-state index contributed by atoms with van der Waals surface area (Å²) in [5.74, 6) is -1.10. The fourth-order valence-corrected chi connectivity index (χ4v) is 3.76. The first kappa shape index (κ1) is 16.8. The van der Waals surface area contributed by atoms with Crippen LogP contribution in [0.2, 0.25) is 5.02 Å². The van der Waals surface area contributed by atoms with E-state index in [1.807, 2.05) is 0 Å². The van der Waals surface area contributed by atoms with Crippen LogP contribution < -0.4 is 4.72 Å². The van der Waals surface area contributed by atoms with Crippen LogP contribution >= 0.6 is 11.6 Å². The molecule has 1 aliphatic heterocycles. The molecular formula is C15H15ClFN3O3S. The van der Waals surface area contributed by atoms with Gasteiger partial charge < -0.3 is 9.88 Å². The van der Waals surface area contributed by atoms with Crippen LogP contribution in [-0.4, -0.2) is 37.3 Å². The molecule has 1 amide bonds. The van der Waals surface area contributed by atoms with Crippen molar-refractivity contribution in [2.75, 3.05) is 17.8 Å². The molecule has 128 valence electrons. The molecule has 9 heteroatoms. The van der Waals surface area contributed by atoms with E-state index >= 15 is 0 Å². The Hall–Kier alpha value is -2.06. The molecular weight excluding hydrogens is 357 g/mol. The van der Waals surface area contributed by atoms with Gasteiger partial charge in [0.1, 0.15) is 10.6 Å². The first-order valence-electron chi connectivity index (χ1n) is 7.33. The molecule has 24 heavy (non-hydrogen) atoms. The summed E-state index contributed by atoms with van der Waals surface area (Å²) in [6.45, 7) is 1.32. The second-order valence-corrected chi connectivity index (χ2v) is 7.54. The molecule has 2 aromatic rings. The van der Waals surface area contributed by atoms with Crippen molar-refractivity contribution >= 4 is 33.2 Å². The van der Waals surface area contributed by atoms with Crippen molar-refractivity contribution < 1.29 is 17.6 Å². The Morgan fingerprint density at radius 3 is 2.71 bits per heavy atom. The first-order valence-corrected chi connectivity index (χ1v) is 9.19. The van der Waals surface area contributed by atoms with E-state index in [9.17, 15) is 17.6 Å². The van der Waals surface area contributed by atoms with E-state index < -0.39 is 15.8 Å². The third-order valence-corrected chi connectivity index (χ3v) is 5.42. The number of H-pyrrole nitrogens is 1. The number of carbonyl (C=O) groups excluding carboxylic acids is 1. The standard InChI is InChI=1S/C15H15ClFN3O3S/c16-11-4-3-5-12(14(11)17)19-24(22,23)10-8-13(18-9-10)15(21)20-6-1-2-7-20/h3-5,8-9,18-19H,1-2,6-7H2. The van der Waals surface area contributed by atoms with E-state index in [2.05, 4.69) is 9.71 Å². The van der Waals surface area contributed by atoms with Crippen molar-refractivity contribution in [3.63, 3.8) is 0 Å². The highest BCUT2D eigenvalue weighted by Crippen LogP contribution is 2.25. The summed E-state index contributed by atoms with van der Waals surface area (Å²) in [5, 5.41) is -0.186. The van der Waals surface area contributed by atoms with Crippen LogP contribution in [-0.2, 0) is 10.0 Å². The lowest BCUT2D eigenvalue weighted by Crippen LogP contribution is -2.27. The number of nitrogens with one attached hydrogen (secondary N) is 2. The molecule has 1 saturated heterocycles. The largest absolute Gasteiger partial charge is 0.356 e. The molecule has 0 bridgehead atoms. The fourth-order valence-electron chi connectivity index (χ4n) is 2.53. The van der Waals surface area contributed by atoms with Gasteiger partial charge >= 0.3 is 0 Å². The monoisotopic (exact) mass is 371 g/mol. The van der Waals surface area contributed by atoms with Gasteiger partial charge in [-0.3, -0.25) is 9.52 Å². The molecule has 1 aromatic carbocycles. The molecule has 3 rings (SSSR count). The van der Waals surface area contributed by atoms with Crippen molar-refractivity contribution in [3.8, 4) is 0 Å². The molecule has 1 aromatic heterocycles. The van der Waals surface area contributed by atoms with Gasteiger partial charge in [0.15, 0.2) is 5.82 Å². The SMILES string of the molecule is O=C(c1cc(S(=O)(=O)Nc2cccc(Cl)c2F)c[nH]1)N1CCCC1. The van der Waals surface area contributed by atoms with Crippen molar-refractivity contribution in [1.29, 1.82) is 0 Å². The lowest BCUT2D eigenvalue weighted by atomic mass is 10.3. The number of likely N-dealkylation sites (tertiary alicyclic amines) is 1. The van der Waals surface area contributed by atoms with Gasteiger partial charge in [0.2, 0.25) is 0 Å². The Labute approximate surface area is 143 Å². The number of anilines is 1. The number of halogens is 2. The molecule has 0 saturated carbocycles. The zero-order chi connectivity index (χ0) is 17.3.